The number of rotatable bonds is 5. The van der Waals surface area contributed by atoms with Crippen molar-refractivity contribution in [1.82, 2.24) is 0 Å². The number of benzene rings is 2. The highest BCUT2D eigenvalue weighted by Gasteiger charge is 2.06. The molecule has 0 aliphatic heterocycles. The van der Waals surface area contributed by atoms with Crippen molar-refractivity contribution < 1.29 is 5.11 Å². The summed E-state index contributed by atoms with van der Waals surface area (Å²) in [5, 5.41) is 13.5. The summed E-state index contributed by atoms with van der Waals surface area (Å²) in [5.74, 6) is 0. The number of hydrogen-bond donors (Lipinski definition) is 2. The number of anilines is 1. The van der Waals surface area contributed by atoms with Gasteiger partial charge in [-0.1, -0.05) is 41.9 Å². The predicted molar refractivity (Wildman–Crippen MR) is 80.6 cm³/mol. The average Bonchev–Trinajstić information content (AvgIpc) is 2.42. The van der Waals surface area contributed by atoms with Gasteiger partial charge in [-0.25, -0.2) is 0 Å². The van der Waals surface area contributed by atoms with Gasteiger partial charge in [-0.2, -0.15) is 0 Å². The molecule has 0 fully saturated rings. The Bertz CT molecular complexity index is 525. The number of aliphatic hydroxyl groups excluding tert-OH is 1. The van der Waals surface area contributed by atoms with Gasteiger partial charge in [-0.05, 0) is 37.1 Å². The van der Waals surface area contributed by atoms with Crippen molar-refractivity contribution in [2.24, 2.45) is 0 Å². The summed E-state index contributed by atoms with van der Waals surface area (Å²) in [7, 11) is 0. The molecule has 0 aliphatic rings. The molecule has 0 saturated carbocycles. The lowest BCUT2D eigenvalue weighted by molar-refractivity contribution is 0.282. The maximum absolute atomic E-state index is 9.30. The summed E-state index contributed by atoms with van der Waals surface area (Å²) >= 11 is 5.87. The Labute approximate surface area is 119 Å². The van der Waals surface area contributed by atoms with Crippen LogP contribution in [-0.4, -0.2) is 11.1 Å². The lowest BCUT2D eigenvalue weighted by Crippen LogP contribution is -2.19. The van der Waals surface area contributed by atoms with E-state index in [1.165, 1.54) is 5.56 Å². The number of nitrogens with one attached hydrogen (secondary N) is 1. The molecule has 1 atom stereocenters. The zero-order valence-corrected chi connectivity index (χ0v) is 11.7. The second-order valence-electron chi connectivity index (χ2n) is 4.69. The lowest BCUT2D eigenvalue weighted by atomic mass is 10.1. The van der Waals surface area contributed by atoms with Crippen LogP contribution in [0.2, 0.25) is 5.02 Å². The maximum atomic E-state index is 9.30. The first-order valence-electron chi connectivity index (χ1n) is 6.39. The van der Waals surface area contributed by atoms with Gasteiger partial charge < -0.3 is 10.4 Å². The summed E-state index contributed by atoms with van der Waals surface area (Å²) in [6.45, 7) is 2.18. The highest BCUT2D eigenvalue weighted by molar-refractivity contribution is 6.30. The highest BCUT2D eigenvalue weighted by Crippen LogP contribution is 2.18. The third-order valence-electron chi connectivity index (χ3n) is 3.04. The second kappa shape index (κ2) is 6.60. The fourth-order valence-electron chi connectivity index (χ4n) is 2.09. The van der Waals surface area contributed by atoms with Crippen LogP contribution in [0.3, 0.4) is 0 Å². The molecule has 0 aromatic heterocycles. The van der Waals surface area contributed by atoms with Crippen LogP contribution >= 0.6 is 11.6 Å². The van der Waals surface area contributed by atoms with Gasteiger partial charge >= 0.3 is 0 Å². The van der Waals surface area contributed by atoms with E-state index in [2.05, 4.69) is 12.2 Å². The first-order chi connectivity index (χ1) is 9.19. The van der Waals surface area contributed by atoms with Crippen molar-refractivity contribution in [2.75, 3.05) is 5.32 Å². The van der Waals surface area contributed by atoms with E-state index < -0.39 is 0 Å². The van der Waals surface area contributed by atoms with Crippen LogP contribution < -0.4 is 5.32 Å². The van der Waals surface area contributed by atoms with E-state index in [-0.39, 0.29) is 12.6 Å². The van der Waals surface area contributed by atoms with E-state index in [4.69, 9.17) is 11.6 Å². The molecule has 3 heteroatoms. The summed E-state index contributed by atoms with van der Waals surface area (Å²) in [6, 6.07) is 16.0. The standard InChI is InChI=1S/C16H18ClNO/c1-12(10-13-6-8-15(17)9-7-13)18-16-5-3-2-4-14(16)11-19/h2-9,12,18-19H,10-11H2,1H3. The maximum Gasteiger partial charge on any atom is 0.0701 e. The largest absolute Gasteiger partial charge is 0.392 e. The van der Waals surface area contributed by atoms with Crippen LogP contribution in [0.4, 0.5) is 5.69 Å². The highest BCUT2D eigenvalue weighted by atomic mass is 35.5. The molecule has 2 rings (SSSR count). The van der Waals surface area contributed by atoms with Crippen LogP contribution in [0.5, 0.6) is 0 Å². The van der Waals surface area contributed by atoms with Gasteiger partial charge in [0.2, 0.25) is 0 Å². The zero-order chi connectivity index (χ0) is 13.7. The van der Waals surface area contributed by atoms with E-state index in [0.29, 0.717) is 0 Å². The molecule has 0 aliphatic carbocycles. The van der Waals surface area contributed by atoms with Crippen LogP contribution in [0.15, 0.2) is 48.5 Å². The van der Waals surface area contributed by atoms with E-state index in [1.54, 1.807) is 0 Å². The quantitative estimate of drug-likeness (QED) is 0.868. The lowest BCUT2D eigenvalue weighted by Gasteiger charge is -2.17. The van der Waals surface area contributed by atoms with Gasteiger partial charge in [-0.15, -0.1) is 0 Å². The van der Waals surface area contributed by atoms with E-state index in [0.717, 1.165) is 22.7 Å². The Morgan fingerprint density at radius 1 is 1.11 bits per heavy atom. The Balaban J connectivity index is 2.01. The Kier molecular flexibility index (Phi) is 4.83. The first-order valence-corrected chi connectivity index (χ1v) is 6.76. The van der Waals surface area contributed by atoms with E-state index in [1.807, 2.05) is 48.5 Å². The number of para-hydroxylation sites is 1. The zero-order valence-electron chi connectivity index (χ0n) is 10.9. The van der Waals surface area contributed by atoms with Crippen molar-refractivity contribution in [3.8, 4) is 0 Å². The molecule has 0 bridgehead atoms. The van der Waals surface area contributed by atoms with Gasteiger partial charge in [0.25, 0.3) is 0 Å². The van der Waals surface area contributed by atoms with Crippen molar-refractivity contribution in [3.63, 3.8) is 0 Å². The molecule has 0 amide bonds. The summed E-state index contributed by atoms with van der Waals surface area (Å²) in [5.41, 5.74) is 3.16. The molecule has 0 saturated heterocycles. The third-order valence-corrected chi connectivity index (χ3v) is 3.30. The number of aliphatic hydroxyl groups is 1. The number of halogens is 1. The van der Waals surface area contributed by atoms with E-state index in [9.17, 15) is 5.11 Å². The normalized spacial score (nSPS) is 12.2. The van der Waals surface area contributed by atoms with E-state index >= 15 is 0 Å². The minimum absolute atomic E-state index is 0.0524. The molecule has 0 radical (unpaired) electrons. The molecular formula is C16H18ClNO. The number of hydrogen-bond acceptors (Lipinski definition) is 2. The molecule has 2 nitrogen and oxygen atoms in total. The average molecular weight is 276 g/mol. The van der Waals surface area contributed by atoms with Crippen LogP contribution in [-0.2, 0) is 13.0 Å². The van der Waals surface area contributed by atoms with Crippen molar-refractivity contribution >= 4 is 17.3 Å². The molecule has 19 heavy (non-hydrogen) atoms. The van der Waals surface area contributed by atoms with Crippen LogP contribution in [0.1, 0.15) is 18.1 Å². The van der Waals surface area contributed by atoms with Gasteiger partial charge in [0.05, 0.1) is 6.61 Å². The fraction of sp³-hybridized carbons (Fsp3) is 0.250. The fourth-order valence-corrected chi connectivity index (χ4v) is 2.22. The molecule has 2 aromatic rings. The molecule has 2 aromatic carbocycles. The van der Waals surface area contributed by atoms with Gasteiger partial charge in [0.15, 0.2) is 0 Å². The van der Waals surface area contributed by atoms with Crippen LogP contribution in [0.25, 0.3) is 0 Å². The Morgan fingerprint density at radius 3 is 2.47 bits per heavy atom. The Morgan fingerprint density at radius 2 is 1.79 bits per heavy atom. The third kappa shape index (κ3) is 3.98. The van der Waals surface area contributed by atoms with Gasteiger partial charge in [0, 0.05) is 22.3 Å². The molecule has 2 N–H and O–H groups in total. The molecule has 0 heterocycles. The second-order valence-corrected chi connectivity index (χ2v) is 5.13. The smallest absolute Gasteiger partial charge is 0.0701 e. The predicted octanol–water partition coefficient (Wildman–Crippen LogP) is 3.88. The summed E-state index contributed by atoms with van der Waals surface area (Å²) < 4.78 is 0. The van der Waals surface area contributed by atoms with Gasteiger partial charge in [-0.3, -0.25) is 0 Å². The van der Waals surface area contributed by atoms with Gasteiger partial charge in [0.1, 0.15) is 0 Å². The first kappa shape index (κ1) is 13.9. The summed E-state index contributed by atoms with van der Waals surface area (Å²) in [6.07, 6.45) is 0.914. The Hall–Kier alpha value is -1.51. The van der Waals surface area contributed by atoms with Crippen LogP contribution in [0, 0.1) is 0 Å². The molecule has 100 valence electrons. The minimum atomic E-state index is 0.0524. The van der Waals surface area contributed by atoms with Crippen molar-refractivity contribution in [1.29, 1.82) is 0 Å². The summed E-state index contributed by atoms with van der Waals surface area (Å²) in [4.78, 5) is 0. The molecule has 1 unspecified atom stereocenters. The SMILES string of the molecule is CC(Cc1ccc(Cl)cc1)Nc1ccccc1CO. The molecular weight excluding hydrogens is 258 g/mol. The monoisotopic (exact) mass is 275 g/mol. The molecule has 0 spiro atoms. The topological polar surface area (TPSA) is 32.3 Å². The van der Waals surface area contributed by atoms with Crippen molar-refractivity contribution in [2.45, 2.75) is 26.0 Å². The minimum Gasteiger partial charge on any atom is -0.392 e. The van der Waals surface area contributed by atoms with Crippen molar-refractivity contribution in [3.05, 3.63) is 64.7 Å².